The van der Waals surface area contributed by atoms with Crippen molar-refractivity contribution in [2.45, 2.75) is 31.7 Å². The first-order valence-electron chi connectivity index (χ1n) is 9.89. The van der Waals surface area contributed by atoms with E-state index in [4.69, 9.17) is 11.6 Å². The molecule has 4 rings (SSSR count). The minimum Gasteiger partial charge on any atom is -0.369 e. The molecule has 28 heavy (non-hydrogen) atoms. The summed E-state index contributed by atoms with van der Waals surface area (Å²) < 4.78 is 0. The van der Waals surface area contributed by atoms with E-state index in [-0.39, 0.29) is 30.2 Å². The van der Waals surface area contributed by atoms with Gasteiger partial charge in [-0.05, 0) is 57.0 Å². The molecular weight excluding hydrogens is 419 g/mol. The van der Waals surface area contributed by atoms with Gasteiger partial charge in [0.25, 0.3) is 0 Å². The van der Waals surface area contributed by atoms with Crippen LogP contribution in [0.15, 0.2) is 24.3 Å². The lowest BCUT2D eigenvalue weighted by Gasteiger charge is -2.36. The molecule has 1 aromatic carbocycles. The Bertz CT molecular complexity index is 646. The summed E-state index contributed by atoms with van der Waals surface area (Å²) in [5.74, 6) is 0.301. The number of hydrogen-bond donors (Lipinski definition) is 2. The molecule has 0 saturated carbocycles. The predicted octanol–water partition coefficient (Wildman–Crippen LogP) is 2.95. The van der Waals surface area contributed by atoms with Gasteiger partial charge < -0.3 is 15.5 Å². The van der Waals surface area contributed by atoms with Crippen LogP contribution in [-0.2, 0) is 4.79 Å². The Morgan fingerprint density at radius 2 is 1.82 bits per heavy atom. The van der Waals surface area contributed by atoms with Crippen LogP contribution in [0.2, 0.25) is 5.02 Å². The van der Waals surface area contributed by atoms with E-state index in [1.807, 2.05) is 18.2 Å². The molecule has 3 heterocycles. The molecule has 1 unspecified atom stereocenters. The number of piperidine rings is 1. The third-order valence-corrected chi connectivity index (χ3v) is 6.59. The van der Waals surface area contributed by atoms with E-state index >= 15 is 0 Å². The molecular formula is C20H31Cl3N4O. The molecule has 1 aromatic rings. The number of anilines is 1. The fourth-order valence-electron chi connectivity index (χ4n) is 4.71. The van der Waals surface area contributed by atoms with Gasteiger partial charge in [0, 0.05) is 49.5 Å². The molecule has 158 valence electrons. The quantitative estimate of drug-likeness (QED) is 0.742. The van der Waals surface area contributed by atoms with Crippen molar-refractivity contribution in [1.82, 2.24) is 15.5 Å². The fraction of sp³-hybridized carbons (Fsp3) is 0.650. The van der Waals surface area contributed by atoms with Crippen molar-refractivity contribution in [3.05, 3.63) is 29.3 Å². The van der Waals surface area contributed by atoms with Gasteiger partial charge in [-0.3, -0.25) is 9.69 Å². The van der Waals surface area contributed by atoms with Gasteiger partial charge in [-0.1, -0.05) is 17.7 Å². The second kappa shape index (κ2) is 10.4. The number of carbonyl (C=O) groups is 1. The molecule has 2 N–H and O–H groups in total. The summed E-state index contributed by atoms with van der Waals surface area (Å²) in [4.78, 5) is 17.4. The van der Waals surface area contributed by atoms with Gasteiger partial charge in [0.1, 0.15) is 0 Å². The highest BCUT2D eigenvalue weighted by Gasteiger charge is 2.46. The first kappa shape index (κ1) is 23.6. The lowest BCUT2D eigenvalue weighted by molar-refractivity contribution is -0.128. The van der Waals surface area contributed by atoms with Gasteiger partial charge in [-0.25, -0.2) is 0 Å². The Balaban J connectivity index is 0.00000140. The second-order valence-electron chi connectivity index (χ2n) is 8.00. The van der Waals surface area contributed by atoms with Crippen LogP contribution >= 0.6 is 36.4 Å². The maximum Gasteiger partial charge on any atom is 0.226 e. The van der Waals surface area contributed by atoms with Crippen LogP contribution in [0.3, 0.4) is 0 Å². The normalized spacial score (nSPS) is 24.4. The number of carbonyl (C=O) groups excluding carboxylic acids is 1. The van der Waals surface area contributed by atoms with Crippen molar-refractivity contribution >= 4 is 48.0 Å². The Hall–Kier alpha value is -0.720. The van der Waals surface area contributed by atoms with Crippen LogP contribution in [0.1, 0.15) is 25.7 Å². The van der Waals surface area contributed by atoms with E-state index in [9.17, 15) is 4.79 Å². The Labute approximate surface area is 185 Å². The summed E-state index contributed by atoms with van der Waals surface area (Å²) in [6.07, 6.45) is 4.08. The van der Waals surface area contributed by atoms with Crippen LogP contribution in [0.4, 0.5) is 5.69 Å². The maximum atomic E-state index is 12.5. The zero-order valence-electron chi connectivity index (χ0n) is 16.2. The van der Waals surface area contributed by atoms with Gasteiger partial charge in [0.05, 0.1) is 5.41 Å². The van der Waals surface area contributed by atoms with E-state index in [2.05, 4.69) is 26.5 Å². The third-order valence-electron chi connectivity index (χ3n) is 6.35. The number of amides is 1. The van der Waals surface area contributed by atoms with Gasteiger partial charge in [-0.15, -0.1) is 24.8 Å². The zero-order chi connectivity index (χ0) is 18.0. The molecule has 8 heteroatoms. The molecule has 3 aliphatic heterocycles. The minimum absolute atomic E-state index is 0. The van der Waals surface area contributed by atoms with E-state index in [1.54, 1.807) is 0 Å². The Morgan fingerprint density at radius 3 is 2.50 bits per heavy atom. The van der Waals surface area contributed by atoms with Gasteiger partial charge in [0.15, 0.2) is 0 Å². The van der Waals surface area contributed by atoms with E-state index in [0.717, 1.165) is 76.5 Å². The average molecular weight is 450 g/mol. The maximum absolute atomic E-state index is 12.5. The number of halogens is 3. The largest absolute Gasteiger partial charge is 0.369 e. The molecule has 3 fully saturated rings. The topological polar surface area (TPSA) is 47.6 Å². The van der Waals surface area contributed by atoms with Gasteiger partial charge in [-0.2, -0.15) is 0 Å². The number of hydrogen-bond acceptors (Lipinski definition) is 4. The highest BCUT2D eigenvalue weighted by molar-refractivity contribution is 6.30. The van der Waals surface area contributed by atoms with Crippen LogP contribution in [0.5, 0.6) is 0 Å². The lowest BCUT2D eigenvalue weighted by atomic mass is 9.76. The average Bonchev–Trinajstić information content (AvgIpc) is 2.96. The smallest absolute Gasteiger partial charge is 0.226 e. The monoisotopic (exact) mass is 448 g/mol. The number of benzene rings is 1. The first-order valence-corrected chi connectivity index (χ1v) is 10.3. The second-order valence-corrected chi connectivity index (χ2v) is 8.44. The number of nitrogens with one attached hydrogen (secondary N) is 2. The molecule has 1 spiro atoms. The third kappa shape index (κ3) is 5.25. The molecule has 1 amide bonds. The zero-order valence-corrected chi connectivity index (χ0v) is 18.6. The number of piperazine rings is 1. The molecule has 0 aromatic heterocycles. The lowest BCUT2D eigenvalue weighted by Crippen LogP contribution is -2.47. The van der Waals surface area contributed by atoms with E-state index < -0.39 is 0 Å². The molecule has 3 aliphatic rings. The van der Waals surface area contributed by atoms with Gasteiger partial charge >= 0.3 is 0 Å². The number of nitrogens with zero attached hydrogens (tertiary/aromatic N) is 2. The van der Waals surface area contributed by atoms with Crippen molar-refractivity contribution in [3.8, 4) is 0 Å². The molecule has 0 aliphatic carbocycles. The first-order chi connectivity index (χ1) is 12.6. The fourth-order valence-corrected chi connectivity index (χ4v) is 4.89. The van der Waals surface area contributed by atoms with Crippen molar-refractivity contribution in [2.75, 3.05) is 50.7 Å². The van der Waals surface area contributed by atoms with Crippen molar-refractivity contribution in [1.29, 1.82) is 0 Å². The van der Waals surface area contributed by atoms with Crippen molar-refractivity contribution < 1.29 is 4.79 Å². The summed E-state index contributed by atoms with van der Waals surface area (Å²) >= 11 is 6.11. The Kier molecular flexibility index (Phi) is 8.71. The summed E-state index contributed by atoms with van der Waals surface area (Å²) in [5, 5.41) is 7.45. The summed E-state index contributed by atoms with van der Waals surface area (Å²) in [5.41, 5.74) is 1.13. The van der Waals surface area contributed by atoms with Crippen LogP contribution in [-0.4, -0.2) is 62.7 Å². The standard InChI is InChI=1S/C20H29ClN4O.2ClH/c21-16-2-1-3-18(14-16)25-12-10-24(11-13-25)9-4-17-15-20(19(26)23-17)5-7-22-8-6-20;;/h1-3,14,17,22H,4-13,15H2,(H,23,26);2*1H. The highest BCUT2D eigenvalue weighted by atomic mass is 35.5. The molecule has 1 atom stereocenters. The van der Waals surface area contributed by atoms with Crippen molar-refractivity contribution in [2.24, 2.45) is 5.41 Å². The summed E-state index contributed by atoms with van der Waals surface area (Å²) in [6, 6.07) is 8.47. The van der Waals surface area contributed by atoms with E-state index in [0.29, 0.717) is 11.9 Å². The highest BCUT2D eigenvalue weighted by Crippen LogP contribution is 2.39. The van der Waals surface area contributed by atoms with Crippen LogP contribution in [0.25, 0.3) is 0 Å². The Morgan fingerprint density at radius 1 is 1.11 bits per heavy atom. The van der Waals surface area contributed by atoms with E-state index in [1.165, 1.54) is 5.69 Å². The van der Waals surface area contributed by atoms with Gasteiger partial charge in [0.2, 0.25) is 5.91 Å². The SMILES string of the molecule is Cl.Cl.O=C1NC(CCN2CCN(c3cccc(Cl)c3)CC2)CC12CCNCC2. The molecule has 0 radical (unpaired) electrons. The molecule has 0 bridgehead atoms. The number of rotatable bonds is 4. The van der Waals surface area contributed by atoms with Crippen molar-refractivity contribution in [3.63, 3.8) is 0 Å². The summed E-state index contributed by atoms with van der Waals surface area (Å²) in [7, 11) is 0. The predicted molar refractivity (Wildman–Crippen MR) is 120 cm³/mol. The van der Waals surface area contributed by atoms with Crippen LogP contribution in [0, 0.1) is 5.41 Å². The molecule has 3 saturated heterocycles. The van der Waals surface area contributed by atoms with Crippen LogP contribution < -0.4 is 15.5 Å². The molecule has 5 nitrogen and oxygen atoms in total. The summed E-state index contributed by atoms with van der Waals surface area (Å²) in [6.45, 7) is 7.24. The minimum atomic E-state index is -0.0822.